The van der Waals surface area contributed by atoms with Gasteiger partial charge in [-0.1, -0.05) is 86.5 Å². The minimum Gasteiger partial charge on any atom is -0.237 e. The molecule has 0 saturated heterocycles. The van der Waals surface area contributed by atoms with Gasteiger partial charge in [-0.05, 0) is 29.5 Å². The Morgan fingerprint density at radius 3 is 2.31 bits per heavy atom. The predicted molar refractivity (Wildman–Crippen MR) is 110 cm³/mol. The molecule has 0 amide bonds. The van der Waals surface area contributed by atoms with Crippen LogP contribution in [0.4, 0.5) is 0 Å². The van der Waals surface area contributed by atoms with E-state index >= 15 is 0 Å². The largest absolute Gasteiger partial charge is 0.244 e. The van der Waals surface area contributed by atoms with E-state index in [-0.39, 0.29) is 0 Å². The molecule has 0 unspecified atom stereocenters. The van der Waals surface area contributed by atoms with Gasteiger partial charge in [-0.15, -0.1) is 0 Å². The smallest absolute Gasteiger partial charge is 0.237 e. The van der Waals surface area contributed by atoms with Gasteiger partial charge < -0.3 is 0 Å². The zero-order valence-corrected chi connectivity index (χ0v) is 15.7. The van der Waals surface area contributed by atoms with Gasteiger partial charge in [0.25, 0.3) is 0 Å². The molecule has 0 aliphatic heterocycles. The van der Waals surface area contributed by atoms with Crippen molar-refractivity contribution in [2.24, 2.45) is 0 Å². The van der Waals surface area contributed by atoms with Crippen molar-refractivity contribution in [2.45, 2.75) is 45.7 Å². The van der Waals surface area contributed by atoms with E-state index in [9.17, 15) is 0 Å². The summed E-state index contributed by atoms with van der Waals surface area (Å²) in [6.07, 6.45) is 16.1. The average molecular weight is 346 g/mol. The Balaban J connectivity index is 1.53. The third-order valence-corrected chi connectivity index (χ3v) is 4.63. The molecule has 0 aliphatic rings. The number of unbranched alkanes of at least 4 members (excludes halogenated alkanes) is 3. The molecule has 26 heavy (non-hydrogen) atoms. The first-order chi connectivity index (χ1) is 12.8. The Labute approximate surface area is 157 Å². The molecule has 2 aromatic carbocycles. The topological polar surface area (TPSA) is 8.81 Å². The lowest BCUT2D eigenvalue weighted by Crippen LogP contribution is -2.31. The zero-order chi connectivity index (χ0) is 18.0. The molecule has 0 radical (unpaired) electrons. The lowest BCUT2D eigenvalue weighted by molar-refractivity contribution is -0.687. The molecule has 1 heterocycles. The minimum absolute atomic E-state index is 0.921. The second-order valence-corrected chi connectivity index (χ2v) is 6.87. The first kappa shape index (κ1) is 18.2. The van der Waals surface area contributed by atoms with Crippen LogP contribution in [-0.2, 0) is 13.1 Å². The highest BCUT2D eigenvalue weighted by Gasteiger charge is 2.04. The van der Waals surface area contributed by atoms with Crippen molar-refractivity contribution < 1.29 is 4.57 Å². The third-order valence-electron chi connectivity index (χ3n) is 4.63. The van der Waals surface area contributed by atoms with Gasteiger partial charge in [0.15, 0.2) is 0 Å². The number of hydrogen-bond acceptors (Lipinski definition) is 0. The molecular weight excluding hydrogens is 316 g/mol. The molecule has 134 valence electrons. The van der Waals surface area contributed by atoms with Crippen molar-refractivity contribution in [1.29, 1.82) is 0 Å². The second kappa shape index (κ2) is 9.76. The third kappa shape index (κ3) is 5.73. The van der Waals surface area contributed by atoms with Crippen LogP contribution < -0.4 is 4.57 Å². The molecule has 0 aliphatic carbocycles. The van der Waals surface area contributed by atoms with E-state index < -0.39 is 0 Å². The maximum absolute atomic E-state index is 2.30. The molecule has 2 nitrogen and oxygen atoms in total. The molecule has 0 atom stereocenters. The van der Waals surface area contributed by atoms with E-state index in [1.807, 2.05) is 6.07 Å². The molecule has 0 saturated carbocycles. The molecule has 0 spiro atoms. The van der Waals surface area contributed by atoms with Crippen LogP contribution >= 0.6 is 0 Å². The number of hydrogen-bond donors (Lipinski definition) is 0. The quantitative estimate of drug-likeness (QED) is 0.272. The zero-order valence-electron chi connectivity index (χ0n) is 15.7. The molecule has 1 aromatic heterocycles. The maximum atomic E-state index is 2.30. The number of imidazole rings is 1. The molecule has 0 fully saturated rings. The highest BCUT2D eigenvalue weighted by Crippen LogP contribution is 2.10. The Hall–Kier alpha value is -2.61. The fourth-order valence-corrected chi connectivity index (χ4v) is 3.09. The lowest BCUT2D eigenvalue weighted by atomic mass is 10.1. The van der Waals surface area contributed by atoms with Gasteiger partial charge in [0.05, 0.1) is 6.54 Å². The normalized spacial score (nSPS) is 11.3. The van der Waals surface area contributed by atoms with Crippen LogP contribution in [0.2, 0.25) is 0 Å². The number of aryl methyl sites for hydroxylation is 1. The maximum Gasteiger partial charge on any atom is 0.244 e. The van der Waals surface area contributed by atoms with Crippen LogP contribution in [0.25, 0.3) is 12.2 Å². The van der Waals surface area contributed by atoms with Crippen molar-refractivity contribution >= 4 is 12.2 Å². The first-order valence-electron chi connectivity index (χ1n) is 9.70. The first-order valence-corrected chi connectivity index (χ1v) is 9.70. The van der Waals surface area contributed by atoms with Crippen LogP contribution in [0.1, 0.15) is 49.3 Å². The van der Waals surface area contributed by atoms with Crippen molar-refractivity contribution in [2.75, 3.05) is 0 Å². The van der Waals surface area contributed by atoms with E-state index in [2.05, 4.69) is 95.5 Å². The Morgan fingerprint density at radius 2 is 1.58 bits per heavy atom. The Morgan fingerprint density at radius 1 is 0.846 bits per heavy atom. The second-order valence-electron chi connectivity index (χ2n) is 6.87. The van der Waals surface area contributed by atoms with Crippen LogP contribution in [0.5, 0.6) is 0 Å². The summed E-state index contributed by atoms with van der Waals surface area (Å²) in [4.78, 5) is 0. The van der Waals surface area contributed by atoms with Crippen molar-refractivity contribution in [3.8, 4) is 0 Å². The number of aromatic nitrogens is 2. The van der Waals surface area contributed by atoms with Crippen LogP contribution in [0.3, 0.4) is 0 Å². The molecular formula is C24H29N2+. The van der Waals surface area contributed by atoms with E-state index in [0.29, 0.717) is 0 Å². The van der Waals surface area contributed by atoms with Crippen LogP contribution in [-0.4, -0.2) is 4.57 Å². The highest BCUT2D eigenvalue weighted by atomic mass is 15.1. The Bertz CT molecular complexity index is 798. The predicted octanol–water partition coefficient (Wildman–Crippen LogP) is 5.57. The van der Waals surface area contributed by atoms with E-state index in [1.54, 1.807) is 0 Å². The van der Waals surface area contributed by atoms with Crippen LogP contribution in [0.15, 0.2) is 73.3 Å². The molecule has 2 heteroatoms. The number of benzene rings is 2. The fraction of sp³-hybridized carbons (Fsp3) is 0.292. The summed E-state index contributed by atoms with van der Waals surface area (Å²) in [5.74, 6) is 0. The summed E-state index contributed by atoms with van der Waals surface area (Å²) < 4.78 is 4.56. The summed E-state index contributed by atoms with van der Waals surface area (Å²) in [7, 11) is 0. The average Bonchev–Trinajstić information content (AvgIpc) is 3.13. The van der Waals surface area contributed by atoms with Gasteiger partial charge in [-0.3, -0.25) is 0 Å². The van der Waals surface area contributed by atoms with Gasteiger partial charge in [-0.25, -0.2) is 9.13 Å². The molecule has 0 bridgehead atoms. The van der Waals surface area contributed by atoms with Gasteiger partial charge in [-0.2, -0.15) is 0 Å². The number of rotatable bonds is 9. The Kier molecular flexibility index (Phi) is 6.83. The van der Waals surface area contributed by atoms with E-state index in [0.717, 1.165) is 13.1 Å². The van der Waals surface area contributed by atoms with Gasteiger partial charge in [0.2, 0.25) is 6.33 Å². The van der Waals surface area contributed by atoms with Crippen molar-refractivity contribution in [3.63, 3.8) is 0 Å². The standard InChI is InChI=1S/C24H29N2/c1-2-3-4-8-17-25-18-19-26(21-25)20-24-15-13-23(14-16-24)12-11-22-9-6-5-7-10-22/h5-7,9-16,18-19,21H,2-4,8,17,20H2,1H3/q+1/b12-11-. The molecule has 3 aromatic rings. The fourth-order valence-electron chi connectivity index (χ4n) is 3.09. The number of nitrogens with zero attached hydrogens (tertiary/aromatic N) is 2. The SMILES string of the molecule is CCCCCCn1cc[n+](Cc2ccc(/C=C\c3ccccc3)cc2)c1. The van der Waals surface area contributed by atoms with E-state index in [4.69, 9.17) is 0 Å². The van der Waals surface area contributed by atoms with Gasteiger partial charge in [0.1, 0.15) is 18.9 Å². The molecule has 3 rings (SSSR count). The summed E-state index contributed by atoms with van der Waals surface area (Å²) in [6.45, 7) is 4.30. The van der Waals surface area contributed by atoms with Crippen LogP contribution in [0, 0.1) is 0 Å². The summed E-state index contributed by atoms with van der Waals surface area (Å²) in [6, 6.07) is 19.2. The monoisotopic (exact) mass is 345 g/mol. The van der Waals surface area contributed by atoms with Crippen molar-refractivity contribution in [1.82, 2.24) is 4.57 Å². The minimum atomic E-state index is 0.921. The van der Waals surface area contributed by atoms with E-state index in [1.165, 1.54) is 42.4 Å². The summed E-state index contributed by atoms with van der Waals surface area (Å²) >= 11 is 0. The highest BCUT2D eigenvalue weighted by molar-refractivity contribution is 5.69. The summed E-state index contributed by atoms with van der Waals surface area (Å²) in [5.41, 5.74) is 3.79. The lowest BCUT2D eigenvalue weighted by Gasteiger charge is -2.00. The van der Waals surface area contributed by atoms with Gasteiger partial charge in [0, 0.05) is 0 Å². The molecule has 0 N–H and O–H groups in total. The van der Waals surface area contributed by atoms with Gasteiger partial charge >= 0.3 is 0 Å². The van der Waals surface area contributed by atoms with Crippen molar-refractivity contribution in [3.05, 3.63) is 90.0 Å². The summed E-state index contributed by atoms with van der Waals surface area (Å²) in [5, 5.41) is 0.